The molecule has 0 radical (unpaired) electrons. The van der Waals surface area contributed by atoms with E-state index in [2.05, 4.69) is 35.9 Å². The molecule has 4 aromatic rings. The Morgan fingerprint density at radius 1 is 1.18 bits per heavy atom. The quantitative estimate of drug-likeness (QED) is 0.257. The summed E-state index contributed by atoms with van der Waals surface area (Å²) < 4.78 is 14.3. The molecular weight excluding hydrogens is 506 g/mol. The minimum Gasteiger partial charge on any atom is -0.387 e. The van der Waals surface area contributed by atoms with Gasteiger partial charge in [0.25, 0.3) is 11.9 Å². The smallest absolute Gasteiger partial charge is 0.256 e. The molecule has 39 heavy (non-hydrogen) atoms. The third-order valence-corrected chi connectivity index (χ3v) is 6.85. The Morgan fingerprint density at radius 2 is 2.00 bits per heavy atom. The van der Waals surface area contributed by atoms with Crippen LogP contribution in [0.5, 0.6) is 0 Å². The molecule has 3 aromatic heterocycles. The molecule has 0 saturated carbocycles. The van der Waals surface area contributed by atoms with Crippen LogP contribution >= 0.6 is 0 Å². The van der Waals surface area contributed by atoms with Crippen molar-refractivity contribution in [2.45, 2.75) is 50.8 Å². The Hall–Kier alpha value is -3.98. The van der Waals surface area contributed by atoms with Crippen molar-refractivity contribution in [2.24, 2.45) is 0 Å². The number of aliphatic hydroxyl groups excluding tert-OH is 2. The highest BCUT2D eigenvalue weighted by molar-refractivity contribution is 5.84. The molecule has 0 aliphatic carbocycles. The number of ether oxygens (including phenoxy) is 2. The predicted octanol–water partition coefficient (Wildman–Crippen LogP) is 0.339. The molecule has 0 spiro atoms. The van der Waals surface area contributed by atoms with Crippen molar-refractivity contribution in [3.8, 4) is 17.2 Å². The highest BCUT2D eigenvalue weighted by atomic mass is 16.6. The zero-order valence-electron chi connectivity index (χ0n) is 21.4. The monoisotopic (exact) mass is 535 g/mol. The van der Waals surface area contributed by atoms with Gasteiger partial charge in [-0.2, -0.15) is 14.6 Å². The summed E-state index contributed by atoms with van der Waals surface area (Å²) in [5.41, 5.74) is 3.43. The first-order valence-electron chi connectivity index (χ1n) is 12.8. The van der Waals surface area contributed by atoms with E-state index in [9.17, 15) is 15.0 Å². The van der Waals surface area contributed by atoms with E-state index in [4.69, 9.17) is 9.47 Å². The van der Waals surface area contributed by atoms with Gasteiger partial charge in [0.05, 0.1) is 25.2 Å². The van der Waals surface area contributed by atoms with Crippen molar-refractivity contribution in [2.75, 3.05) is 25.1 Å². The number of benzene rings is 1. The van der Waals surface area contributed by atoms with Crippen molar-refractivity contribution < 1.29 is 24.5 Å². The summed E-state index contributed by atoms with van der Waals surface area (Å²) in [5, 5.41) is 35.9. The number of nitrogens with one attached hydrogen (secondary N) is 2. The van der Waals surface area contributed by atoms with Gasteiger partial charge in [-0.1, -0.05) is 35.0 Å². The summed E-state index contributed by atoms with van der Waals surface area (Å²) in [4.78, 5) is 26.3. The molecule has 1 unspecified atom stereocenters. The lowest BCUT2D eigenvalue weighted by molar-refractivity contribution is -0.137. The van der Waals surface area contributed by atoms with Crippen LogP contribution in [0.3, 0.4) is 0 Å². The fourth-order valence-electron chi connectivity index (χ4n) is 4.74. The minimum absolute atomic E-state index is 0.0252. The lowest BCUT2D eigenvalue weighted by Gasteiger charge is -2.17. The highest BCUT2D eigenvalue weighted by Gasteiger charge is 2.47. The van der Waals surface area contributed by atoms with E-state index in [1.807, 2.05) is 31.2 Å². The number of rotatable bonds is 7. The summed E-state index contributed by atoms with van der Waals surface area (Å²) in [6, 6.07) is 7.95. The molecule has 2 aliphatic rings. The van der Waals surface area contributed by atoms with Crippen LogP contribution in [0.1, 0.15) is 25.1 Å². The van der Waals surface area contributed by atoms with Crippen molar-refractivity contribution in [1.82, 2.24) is 39.8 Å². The standard InChI is InChI=1S/C25H29N9O5/c1-3-26-23(37)20-18(35)19(36)24(39-20)33-12-27-17-21(28-15-8-9-38-11-15)29-25(30-22(17)33)34-10-16(31-32-34)14-6-4-13(2)5-7-14/h4-7,10,12,15,18-20,24,35-36H,3,8-9,11H2,1-2H3,(H,26,37)(H,28,29,30)/t15?,18-,19+,20-,24+/m0/s1. The molecule has 1 aromatic carbocycles. The zero-order valence-corrected chi connectivity index (χ0v) is 21.4. The second-order valence-electron chi connectivity index (χ2n) is 9.64. The maximum atomic E-state index is 12.4. The zero-order chi connectivity index (χ0) is 27.1. The molecule has 14 nitrogen and oxygen atoms in total. The van der Waals surface area contributed by atoms with E-state index in [1.165, 1.54) is 15.6 Å². The summed E-state index contributed by atoms with van der Waals surface area (Å²) in [6.07, 6.45) is -1.21. The third kappa shape index (κ3) is 4.71. The van der Waals surface area contributed by atoms with Crippen molar-refractivity contribution in [3.63, 3.8) is 0 Å². The number of imidazole rings is 1. The van der Waals surface area contributed by atoms with Gasteiger partial charge in [0, 0.05) is 18.7 Å². The van der Waals surface area contributed by atoms with Gasteiger partial charge in [0.1, 0.15) is 17.9 Å². The van der Waals surface area contributed by atoms with Crippen molar-refractivity contribution >= 4 is 22.9 Å². The first-order valence-corrected chi connectivity index (χ1v) is 12.8. The summed E-state index contributed by atoms with van der Waals surface area (Å²) in [7, 11) is 0. The van der Waals surface area contributed by atoms with Crippen LogP contribution in [0.2, 0.25) is 0 Å². The molecular formula is C25H29N9O5. The summed E-state index contributed by atoms with van der Waals surface area (Å²) in [6.45, 7) is 5.29. The molecule has 204 valence electrons. The molecule has 5 atom stereocenters. The number of carbonyl (C=O) groups is 1. The number of anilines is 1. The Balaban J connectivity index is 1.40. The van der Waals surface area contributed by atoms with Crippen LogP contribution in [0, 0.1) is 6.92 Å². The number of amides is 1. The summed E-state index contributed by atoms with van der Waals surface area (Å²) >= 11 is 0. The van der Waals surface area contributed by atoms with Crippen LogP contribution < -0.4 is 10.6 Å². The van der Waals surface area contributed by atoms with E-state index in [1.54, 1.807) is 13.1 Å². The van der Waals surface area contributed by atoms with Gasteiger partial charge < -0.3 is 30.3 Å². The van der Waals surface area contributed by atoms with Crippen molar-refractivity contribution in [1.29, 1.82) is 0 Å². The summed E-state index contributed by atoms with van der Waals surface area (Å²) in [5.74, 6) is 0.149. The number of hydrogen-bond donors (Lipinski definition) is 4. The van der Waals surface area contributed by atoms with Crippen LogP contribution in [0.15, 0.2) is 36.8 Å². The predicted molar refractivity (Wildman–Crippen MR) is 138 cm³/mol. The van der Waals surface area contributed by atoms with Gasteiger partial charge in [-0.15, -0.1) is 5.10 Å². The van der Waals surface area contributed by atoms with E-state index < -0.39 is 30.4 Å². The first kappa shape index (κ1) is 25.3. The molecule has 4 N–H and O–H groups in total. The van der Waals surface area contributed by atoms with Gasteiger partial charge in [-0.3, -0.25) is 9.36 Å². The number of nitrogens with zero attached hydrogens (tertiary/aromatic N) is 7. The molecule has 0 bridgehead atoms. The van der Waals surface area contributed by atoms with E-state index in [0.29, 0.717) is 42.4 Å². The molecule has 1 amide bonds. The van der Waals surface area contributed by atoms with Crippen molar-refractivity contribution in [3.05, 3.63) is 42.4 Å². The second kappa shape index (κ2) is 10.3. The van der Waals surface area contributed by atoms with E-state index in [0.717, 1.165) is 17.5 Å². The largest absolute Gasteiger partial charge is 0.387 e. The van der Waals surface area contributed by atoms with Gasteiger partial charge in [-0.05, 0) is 20.3 Å². The van der Waals surface area contributed by atoms with Crippen LogP contribution in [-0.2, 0) is 14.3 Å². The molecule has 6 rings (SSSR count). The number of aryl methyl sites for hydroxylation is 1. The van der Waals surface area contributed by atoms with Gasteiger partial charge in [0.15, 0.2) is 29.3 Å². The topological polar surface area (TPSA) is 174 Å². The van der Waals surface area contributed by atoms with Gasteiger partial charge in [-0.25, -0.2) is 4.98 Å². The first-order chi connectivity index (χ1) is 18.9. The number of likely N-dealkylation sites (N-methyl/N-ethyl adjacent to an activating group) is 1. The minimum atomic E-state index is -1.43. The van der Waals surface area contributed by atoms with E-state index in [-0.39, 0.29) is 12.0 Å². The average Bonchev–Trinajstić information content (AvgIpc) is 3.73. The SMILES string of the molecule is CCNC(=O)[C@H]1O[C@@H](n2cnc3c(NC4CCOC4)nc(-n4cc(-c5ccc(C)cc5)nn4)nc32)[C@H](O)[C@@H]1O. The fraction of sp³-hybridized carbons (Fsp3) is 0.440. The maximum Gasteiger partial charge on any atom is 0.256 e. The second-order valence-corrected chi connectivity index (χ2v) is 9.64. The van der Waals surface area contributed by atoms with Gasteiger partial charge >= 0.3 is 0 Å². The van der Waals surface area contributed by atoms with E-state index >= 15 is 0 Å². The fourth-order valence-corrected chi connectivity index (χ4v) is 4.74. The normalized spacial score (nSPS) is 24.9. The Labute approximate surface area is 223 Å². The number of aromatic nitrogens is 7. The molecule has 2 fully saturated rings. The van der Waals surface area contributed by atoms with Crippen LogP contribution in [-0.4, -0.2) is 94.7 Å². The highest BCUT2D eigenvalue weighted by Crippen LogP contribution is 2.33. The lowest BCUT2D eigenvalue weighted by Crippen LogP contribution is -2.42. The Morgan fingerprint density at radius 3 is 2.74 bits per heavy atom. The molecule has 2 saturated heterocycles. The number of carbonyl (C=O) groups excluding carboxylic acids is 1. The third-order valence-electron chi connectivity index (χ3n) is 6.85. The molecule has 5 heterocycles. The number of aliphatic hydroxyl groups is 2. The molecule has 14 heteroatoms. The maximum absolute atomic E-state index is 12.4. The van der Waals surface area contributed by atoms with Gasteiger partial charge in [0.2, 0.25) is 0 Å². The average molecular weight is 536 g/mol. The Kier molecular flexibility index (Phi) is 6.68. The Bertz CT molecular complexity index is 1480. The molecule has 2 aliphatic heterocycles. The van der Waals surface area contributed by atoms with Crippen LogP contribution in [0.4, 0.5) is 5.82 Å². The number of hydrogen-bond acceptors (Lipinski definition) is 11. The lowest BCUT2D eigenvalue weighted by atomic mass is 10.1. The number of fused-ring (bicyclic) bond motifs is 1. The van der Waals surface area contributed by atoms with Crippen LogP contribution in [0.25, 0.3) is 28.4 Å².